The summed E-state index contributed by atoms with van der Waals surface area (Å²) in [6.07, 6.45) is 32.2. The van der Waals surface area contributed by atoms with E-state index >= 15 is 0 Å². The molecule has 2 rings (SSSR count). The maximum absolute atomic E-state index is 13.0. The number of aliphatic hydroxyl groups is 7. The van der Waals surface area contributed by atoms with Crippen molar-refractivity contribution in [2.75, 3.05) is 33.0 Å². The number of hydrogen-bond acceptors (Lipinski definition) is 14. The SMILES string of the molecule is CC/C=C\C/C=C\C/C=C\C/C=C\C/C=C\CCCC(=O)OC(COCCCCCCCC/C=C\C/C=C\CCCC)COC1OC(COC2OC(CO)C(O)C(O)C2O)C(O)C(O)C1O. The molecule has 0 radical (unpaired) electrons. The number of carbonyl (C=O) groups excluding carboxylic acids is 1. The van der Waals surface area contributed by atoms with Crippen molar-refractivity contribution in [3.05, 3.63) is 85.1 Å². The van der Waals surface area contributed by atoms with Gasteiger partial charge in [0.05, 0.1) is 26.4 Å². The van der Waals surface area contributed by atoms with Crippen molar-refractivity contribution in [2.24, 2.45) is 0 Å². The summed E-state index contributed by atoms with van der Waals surface area (Å²) < 4.78 is 34.1. The molecule has 0 saturated carbocycles. The highest BCUT2D eigenvalue weighted by Gasteiger charge is 2.47. The highest BCUT2D eigenvalue weighted by Crippen LogP contribution is 2.26. The summed E-state index contributed by atoms with van der Waals surface area (Å²) >= 11 is 0. The van der Waals surface area contributed by atoms with E-state index in [0.29, 0.717) is 19.4 Å². The number of esters is 1. The Morgan fingerprint density at radius 1 is 0.515 bits per heavy atom. The van der Waals surface area contributed by atoms with Crippen LogP contribution >= 0.6 is 0 Å². The first-order valence-corrected chi connectivity index (χ1v) is 24.7. The van der Waals surface area contributed by atoms with Crippen molar-refractivity contribution in [2.45, 2.75) is 203 Å². The molecule has 0 aliphatic carbocycles. The number of carbonyl (C=O) groups is 1. The third kappa shape index (κ3) is 26.6. The average molecular weight is 935 g/mol. The van der Waals surface area contributed by atoms with E-state index in [9.17, 15) is 40.5 Å². The normalized spacial score (nSPS) is 27.0. The van der Waals surface area contributed by atoms with Crippen molar-refractivity contribution in [3.63, 3.8) is 0 Å². The predicted molar refractivity (Wildman–Crippen MR) is 256 cm³/mol. The van der Waals surface area contributed by atoms with Gasteiger partial charge in [-0.2, -0.15) is 0 Å². The van der Waals surface area contributed by atoms with E-state index < -0.39 is 86.7 Å². The van der Waals surface area contributed by atoms with E-state index in [0.717, 1.165) is 77.0 Å². The molecule has 11 unspecified atom stereocenters. The molecule has 2 aliphatic rings. The number of unbranched alkanes of at least 4 members (excludes halogenated alkanes) is 9. The number of ether oxygens (including phenoxy) is 6. The average Bonchev–Trinajstić information content (AvgIpc) is 3.31. The van der Waals surface area contributed by atoms with Gasteiger partial charge in [-0.3, -0.25) is 4.79 Å². The Balaban J connectivity index is 1.83. The fourth-order valence-electron chi connectivity index (χ4n) is 7.10. The molecule has 0 aromatic heterocycles. The van der Waals surface area contributed by atoms with Crippen LogP contribution in [0.15, 0.2) is 85.1 Å². The summed E-state index contributed by atoms with van der Waals surface area (Å²) in [4.78, 5) is 13.0. The Morgan fingerprint density at radius 2 is 0.985 bits per heavy atom. The zero-order valence-corrected chi connectivity index (χ0v) is 39.9. The van der Waals surface area contributed by atoms with Crippen molar-refractivity contribution >= 4 is 5.97 Å². The molecule has 0 aromatic rings. The molecule has 14 heteroatoms. The maximum atomic E-state index is 13.0. The van der Waals surface area contributed by atoms with E-state index in [2.05, 4.69) is 92.8 Å². The lowest BCUT2D eigenvalue weighted by Gasteiger charge is -2.42. The molecule has 0 aromatic carbocycles. The van der Waals surface area contributed by atoms with Gasteiger partial charge in [-0.1, -0.05) is 137 Å². The van der Waals surface area contributed by atoms with Crippen LogP contribution in [-0.4, -0.2) is 142 Å². The van der Waals surface area contributed by atoms with Crippen molar-refractivity contribution in [1.29, 1.82) is 0 Å². The van der Waals surface area contributed by atoms with E-state index in [-0.39, 0.29) is 19.6 Å². The molecule has 7 N–H and O–H groups in total. The summed E-state index contributed by atoms with van der Waals surface area (Å²) in [5, 5.41) is 72.1. The van der Waals surface area contributed by atoms with Gasteiger partial charge in [-0.05, 0) is 77.0 Å². The van der Waals surface area contributed by atoms with Gasteiger partial charge in [-0.25, -0.2) is 0 Å². The summed E-state index contributed by atoms with van der Waals surface area (Å²) in [5.41, 5.74) is 0. The van der Waals surface area contributed by atoms with Crippen LogP contribution in [0.1, 0.15) is 136 Å². The molecule has 11 atom stereocenters. The zero-order chi connectivity index (χ0) is 48.0. The Morgan fingerprint density at radius 3 is 1.55 bits per heavy atom. The number of aliphatic hydroxyl groups excluding tert-OH is 7. The Labute approximate surface area is 395 Å². The van der Waals surface area contributed by atoms with Crippen LogP contribution in [0.5, 0.6) is 0 Å². The summed E-state index contributed by atoms with van der Waals surface area (Å²) in [5.74, 6) is -0.441. The molecule has 378 valence electrons. The Kier molecular flexibility index (Phi) is 35.1. The second-order valence-corrected chi connectivity index (χ2v) is 16.9. The van der Waals surface area contributed by atoms with Gasteiger partial charge in [0.15, 0.2) is 12.6 Å². The topological polar surface area (TPSA) is 214 Å². The van der Waals surface area contributed by atoms with Crippen molar-refractivity contribution in [3.8, 4) is 0 Å². The zero-order valence-electron chi connectivity index (χ0n) is 39.9. The summed E-state index contributed by atoms with van der Waals surface area (Å²) in [6, 6.07) is 0. The largest absolute Gasteiger partial charge is 0.457 e. The van der Waals surface area contributed by atoms with Crippen LogP contribution in [0.25, 0.3) is 0 Å². The van der Waals surface area contributed by atoms with Crippen LogP contribution in [0.3, 0.4) is 0 Å². The minimum atomic E-state index is -1.72. The third-order valence-corrected chi connectivity index (χ3v) is 11.1. The lowest BCUT2D eigenvalue weighted by Crippen LogP contribution is -2.61. The van der Waals surface area contributed by atoms with Gasteiger partial charge < -0.3 is 64.2 Å². The highest BCUT2D eigenvalue weighted by atomic mass is 16.7. The first-order valence-electron chi connectivity index (χ1n) is 24.7. The molecule has 0 bridgehead atoms. The van der Waals surface area contributed by atoms with Gasteiger partial charge in [0.25, 0.3) is 0 Å². The van der Waals surface area contributed by atoms with Gasteiger partial charge in [-0.15, -0.1) is 0 Å². The second-order valence-electron chi connectivity index (χ2n) is 16.9. The van der Waals surface area contributed by atoms with Gasteiger partial charge in [0.1, 0.15) is 54.9 Å². The first-order chi connectivity index (χ1) is 32.1. The molecular formula is C52H86O14. The fraction of sp³-hybridized carbons (Fsp3) is 0.712. The molecule has 2 saturated heterocycles. The van der Waals surface area contributed by atoms with E-state index in [1.165, 1.54) is 25.7 Å². The molecule has 2 aliphatic heterocycles. The van der Waals surface area contributed by atoms with Gasteiger partial charge in [0.2, 0.25) is 0 Å². The minimum Gasteiger partial charge on any atom is -0.457 e. The standard InChI is InChI=1S/C52H86O14/c1-3-5-7-9-11-13-15-17-19-20-21-23-25-27-29-31-33-35-44(54)64-41(38-61-36-34-32-30-28-26-24-22-18-16-14-12-10-8-6-4-2)39-62-51-50(60)48(58)46(56)43(66-51)40-63-52-49(59)47(57)45(55)42(37-53)65-52/h5,7,10-13,16-19,21,23,27,29,41-43,45-53,55-60H,3-4,6,8-9,14-15,20,22,24-26,28,30-40H2,1-2H3/b7-5-,12-10-,13-11-,18-16-,19-17-,23-21-,29-27-. The predicted octanol–water partition coefficient (Wildman–Crippen LogP) is 6.90. The Bertz CT molecular complexity index is 1410. The number of allylic oxidation sites excluding steroid dienone is 14. The lowest BCUT2D eigenvalue weighted by molar-refractivity contribution is -0.332. The molecule has 2 fully saturated rings. The smallest absolute Gasteiger partial charge is 0.306 e. The quantitative estimate of drug-likeness (QED) is 0.0192. The fourth-order valence-corrected chi connectivity index (χ4v) is 7.10. The highest BCUT2D eigenvalue weighted by molar-refractivity contribution is 5.69. The van der Waals surface area contributed by atoms with Gasteiger partial charge >= 0.3 is 5.97 Å². The van der Waals surface area contributed by atoms with Crippen LogP contribution in [-0.2, 0) is 33.2 Å². The third-order valence-electron chi connectivity index (χ3n) is 11.1. The van der Waals surface area contributed by atoms with E-state index in [1.54, 1.807) is 0 Å². The molecule has 14 nitrogen and oxygen atoms in total. The van der Waals surface area contributed by atoms with E-state index in [1.807, 2.05) is 6.08 Å². The van der Waals surface area contributed by atoms with Gasteiger partial charge in [0, 0.05) is 13.0 Å². The van der Waals surface area contributed by atoms with Crippen LogP contribution in [0, 0.1) is 0 Å². The van der Waals surface area contributed by atoms with E-state index in [4.69, 9.17) is 28.4 Å². The molecule has 0 amide bonds. The number of rotatable bonds is 37. The van der Waals surface area contributed by atoms with Crippen molar-refractivity contribution in [1.82, 2.24) is 0 Å². The van der Waals surface area contributed by atoms with Crippen molar-refractivity contribution < 1.29 is 69.0 Å². The molecule has 2 heterocycles. The summed E-state index contributed by atoms with van der Waals surface area (Å²) in [6.45, 7) is 3.40. The Hall–Kier alpha value is -2.83. The minimum absolute atomic E-state index is 0.0261. The first kappa shape index (κ1) is 59.3. The number of hydrogen-bond donors (Lipinski definition) is 7. The lowest BCUT2D eigenvalue weighted by atomic mass is 9.98. The maximum Gasteiger partial charge on any atom is 0.306 e. The molecule has 0 spiro atoms. The van der Waals surface area contributed by atoms with Crippen LogP contribution in [0.4, 0.5) is 0 Å². The summed E-state index contributed by atoms with van der Waals surface area (Å²) in [7, 11) is 0. The monoisotopic (exact) mass is 935 g/mol. The second kappa shape index (κ2) is 39.1. The van der Waals surface area contributed by atoms with Crippen LogP contribution < -0.4 is 0 Å². The molecule has 66 heavy (non-hydrogen) atoms. The molecular weight excluding hydrogens is 849 g/mol. The van der Waals surface area contributed by atoms with Crippen LogP contribution in [0.2, 0.25) is 0 Å².